The summed E-state index contributed by atoms with van der Waals surface area (Å²) in [6.45, 7) is 4.31. The Bertz CT molecular complexity index is 1580. The van der Waals surface area contributed by atoms with E-state index in [9.17, 15) is 22.8 Å². The molecule has 0 bridgehead atoms. The third kappa shape index (κ3) is 7.73. The highest BCUT2D eigenvalue weighted by atomic mass is 35.5. The molecule has 0 aliphatic heterocycles. The van der Waals surface area contributed by atoms with Crippen LogP contribution in [0.5, 0.6) is 5.75 Å². The molecule has 0 atom stereocenters. The second kappa shape index (κ2) is 13.8. The molecule has 0 radical (unpaired) electrons. The summed E-state index contributed by atoms with van der Waals surface area (Å²) in [7, 11) is 0. The number of halogens is 5. The van der Waals surface area contributed by atoms with Gasteiger partial charge in [-0.1, -0.05) is 41.4 Å². The molecule has 0 aliphatic carbocycles. The molecule has 0 fully saturated rings. The largest absolute Gasteiger partial charge is 0.494 e. The van der Waals surface area contributed by atoms with E-state index in [1.165, 1.54) is 12.1 Å². The van der Waals surface area contributed by atoms with E-state index in [4.69, 9.17) is 27.9 Å². The molecule has 0 spiro atoms. The van der Waals surface area contributed by atoms with Crippen LogP contribution in [0.15, 0.2) is 54.6 Å². The van der Waals surface area contributed by atoms with Crippen molar-refractivity contribution in [2.24, 2.45) is 0 Å². The lowest BCUT2D eigenvalue weighted by atomic mass is 10.1. The van der Waals surface area contributed by atoms with E-state index in [0.717, 1.165) is 51.9 Å². The Balaban J connectivity index is 1.34. The van der Waals surface area contributed by atoms with Gasteiger partial charge in [-0.05, 0) is 91.7 Å². The van der Waals surface area contributed by atoms with Gasteiger partial charge in [-0.25, -0.2) is 0 Å². The van der Waals surface area contributed by atoms with Gasteiger partial charge < -0.3 is 15.0 Å². The fraction of sp³-hybridized carbons (Fsp3) is 0.267. The highest BCUT2D eigenvalue weighted by Crippen LogP contribution is 2.32. The summed E-state index contributed by atoms with van der Waals surface area (Å²) in [4.78, 5) is 28.6. The molecule has 0 unspecified atom stereocenters. The summed E-state index contributed by atoms with van der Waals surface area (Å²) in [6.07, 6.45) is -3.46. The Morgan fingerprint density at radius 3 is 2.43 bits per heavy atom. The maximum atomic E-state index is 13.2. The lowest BCUT2D eigenvalue weighted by molar-refractivity contribution is -0.137. The average molecular weight is 639 g/mol. The van der Waals surface area contributed by atoms with E-state index in [0.29, 0.717) is 40.7 Å². The standard InChI is InChI=1S/C30H28Cl2F3N3O3S/c1-17-14-20(15-18(2)26(17)32)41-12-5-7-22-21-10-9-19(31)16-25(21)37-27(22)29(40)38-42-13-11-36-28(39)23-6-3-4-8-24(23)30(33,34)35/h3-4,6,8-10,14-16,37H,5,7,11-13H2,1-2H3,(H,36,39)(H,38,40). The number of benzene rings is 3. The highest BCUT2D eigenvalue weighted by molar-refractivity contribution is 7.97. The third-order valence-electron chi connectivity index (χ3n) is 6.48. The average Bonchev–Trinajstić information content (AvgIpc) is 3.30. The van der Waals surface area contributed by atoms with Crippen molar-refractivity contribution < 1.29 is 27.5 Å². The summed E-state index contributed by atoms with van der Waals surface area (Å²) in [5.74, 6) is -0.249. The SMILES string of the molecule is Cc1cc(OCCCc2c(C(=O)NSCCNC(=O)c3ccccc3C(F)(F)F)[nH]c3cc(Cl)ccc23)cc(C)c1Cl. The topological polar surface area (TPSA) is 83.2 Å². The molecule has 222 valence electrons. The van der Waals surface area contributed by atoms with Crippen LogP contribution in [0, 0.1) is 13.8 Å². The van der Waals surface area contributed by atoms with Gasteiger partial charge in [0.15, 0.2) is 0 Å². The van der Waals surface area contributed by atoms with Gasteiger partial charge >= 0.3 is 6.18 Å². The second-order valence-electron chi connectivity index (χ2n) is 9.57. The van der Waals surface area contributed by atoms with Gasteiger partial charge in [0.05, 0.1) is 17.7 Å². The Morgan fingerprint density at radius 2 is 1.71 bits per heavy atom. The Morgan fingerprint density at radius 1 is 1.00 bits per heavy atom. The first-order chi connectivity index (χ1) is 20.0. The molecule has 0 saturated heterocycles. The van der Waals surface area contributed by atoms with Crippen molar-refractivity contribution in [2.45, 2.75) is 32.9 Å². The summed E-state index contributed by atoms with van der Waals surface area (Å²) < 4.78 is 48.3. The smallest absolute Gasteiger partial charge is 0.417 e. The normalized spacial score (nSPS) is 11.5. The van der Waals surface area contributed by atoms with Gasteiger partial charge in [0.1, 0.15) is 11.4 Å². The van der Waals surface area contributed by atoms with Crippen LogP contribution in [0.3, 0.4) is 0 Å². The number of nitrogens with one attached hydrogen (secondary N) is 3. The predicted octanol–water partition coefficient (Wildman–Crippen LogP) is 7.93. The molecule has 12 heteroatoms. The molecular formula is C30H28Cl2F3N3O3S. The number of aromatic amines is 1. The minimum absolute atomic E-state index is 0.0477. The van der Waals surface area contributed by atoms with Crippen molar-refractivity contribution in [1.82, 2.24) is 15.0 Å². The zero-order valence-electron chi connectivity index (χ0n) is 22.8. The maximum Gasteiger partial charge on any atom is 0.417 e. The zero-order valence-corrected chi connectivity index (χ0v) is 25.1. The van der Waals surface area contributed by atoms with Crippen molar-refractivity contribution >= 4 is 57.9 Å². The van der Waals surface area contributed by atoms with Crippen LogP contribution in [0.2, 0.25) is 10.0 Å². The molecular weight excluding hydrogens is 610 g/mol. The van der Waals surface area contributed by atoms with Gasteiger partial charge in [-0.2, -0.15) is 13.2 Å². The van der Waals surface area contributed by atoms with Crippen molar-refractivity contribution in [2.75, 3.05) is 18.9 Å². The Hall–Kier alpha value is -3.34. The summed E-state index contributed by atoms with van der Waals surface area (Å²) in [5, 5.41) is 4.57. The van der Waals surface area contributed by atoms with Crippen LogP contribution in [0.25, 0.3) is 10.9 Å². The molecule has 6 nitrogen and oxygen atoms in total. The number of carbonyl (C=O) groups excluding carboxylic acids is 2. The molecule has 42 heavy (non-hydrogen) atoms. The number of fused-ring (bicyclic) bond motifs is 1. The fourth-order valence-electron chi connectivity index (χ4n) is 4.52. The number of H-pyrrole nitrogens is 1. The van der Waals surface area contributed by atoms with Crippen molar-refractivity contribution in [3.8, 4) is 5.75 Å². The van der Waals surface area contributed by atoms with Crippen LogP contribution in [-0.4, -0.2) is 35.7 Å². The molecule has 0 saturated carbocycles. The molecule has 3 aromatic carbocycles. The minimum atomic E-state index is -4.64. The van der Waals surface area contributed by atoms with Crippen LogP contribution in [0.4, 0.5) is 13.2 Å². The quantitative estimate of drug-likeness (QED) is 0.115. The number of alkyl halides is 3. The Kier molecular flexibility index (Phi) is 10.3. The third-order valence-corrected chi connectivity index (χ3v) is 8.05. The van der Waals surface area contributed by atoms with Gasteiger partial charge in [0.25, 0.3) is 11.8 Å². The van der Waals surface area contributed by atoms with E-state index in [1.807, 2.05) is 32.0 Å². The Labute approximate surface area is 255 Å². The van der Waals surface area contributed by atoms with Crippen LogP contribution >= 0.6 is 35.1 Å². The number of amides is 2. The van der Waals surface area contributed by atoms with Gasteiger partial charge in [-0.3, -0.25) is 14.3 Å². The zero-order chi connectivity index (χ0) is 30.4. The molecule has 0 aliphatic rings. The molecule has 4 rings (SSSR count). The van der Waals surface area contributed by atoms with E-state index >= 15 is 0 Å². The number of hydrogen-bond donors (Lipinski definition) is 3. The number of carbonyl (C=O) groups is 2. The second-order valence-corrected chi connectivity index (χ2v) is 11.3. The molecule has 3 N–H and O–H groups in total. The number of hydrogen-bond acceptors (Lipinski definition) is 4. The first-order valence-electron chi connectivity index (χ1n) is 13.0. The first kappa shape index (κ1) is 31.6. The van der Waals surface area contributed by atoms with E-state index in [-0.39, 0.29) is 18.2 Å². The van der Waals surface area contributed by atoms with Gasteiger partial charge in [0.2, 0.25) is 0 Å². The van der Waals surface area contributed by atoms with E-state index < -0.39 is 23.2 Å². The monoisotopic (exact) mass is 637 g/mol. The molecule has 4 aromatic rings. The maximum absolute atomic E-state index is 13.2. The van der Waals surface area contributed by atoms with Gasteiger partial charge in [-0.15, -0.1) is 0 Å². The number of aryl methyl sites for hydroxylation is 3. The number of ether oxygens (including phenoxy) is 1. The van der Waals surface area contributed by atoms with Crippen molar-refractivity contribution in [1.29, 1.82) is 0 Å². The summed E-state index contributed by atoms with van der Waals surface area (Å²) in [6, 6.07) is 13.7. The lowest BCUT2D eigenvalue weighted by Gasteiger charge is -2.12. The van der Waals surface area contributed by atoms with Crippen LogP contribution in [0.1, 0.15) is 49.5 Å². The van der Waals surface area contributed by atoms with Crippen molar-refractivity contribution in [3.05, 3.63) is 98.2 Å². The van der Waals surface area contributed by atoms with Crippen LogP contribution < -0.4 is 14.8 Å². The molecule has 1 aromatic heterocycles. The summed E-state index contributed by atoms with van der Waals surface area (Å²) >= 11 is 13.4. The van der Waals surface area contributed by atoms with Crippen LogP contribution in [-0.2, 0) is 12.6 Å². The molecule has 1 heterocycles. The first-order valence-corrected chi connectivity index (χ1v) is 14.8. The molecule has 2 amide bonds. The highest BCUT2D eigenvalue weighted by Gasteiger charge is 2.34. The number of aromatic nitrogens is 1. The van der Waals surface area contributed by atoms with Crippen molar-refractivity contribution in [3.63, 3.8) is 0 Å². The lowest BCUT2D eigenvalue weighted by Crippen LogP contribution is -2.29. The summed E-state index contributed by atoms with van der Waals surface area (Å²) in [5.41, 5.74) is 2.31. The fourth-order valence-corrected chi connectivity index (χ4v) is 5.34. The van der Waals surface area contributed by atoms with E-state index in [1.54, 1.807) is 12.1 Å². The number of rotatable bonds is 11. The van der Waals surface area contributed by atoms with E-state index in [2.05, 4.69) is 15.0 Å². The van der Waals surface area contributed by atoms with Gasteiger partial charge in [0, 0.05) is 33.2 Å². The predicted molar refractivity (Wildman–Crippen MR) is 162 cm³/mol. The minimum Gasteiger partial charge on any atom is -0.494 e.